The van der Waals surface area contributed by atoms with Gasteiger partial charge in [-0.1, -0.05) is 25.1 Å². The van der Waals surface area contributed by atoms with Gasteiger partial charge < -0.3 is 19.8 Å². The highest BCUT2D eigenvalue weighted by Crippen LogP contribution is 2.20. The van der Waals surface area contributed by atoms with E-state index in [9.17, 15) is 9.59 Å². The van der Waals surface area contributed by atoms with E-state index < -0.39 is 6.10 Å². The van der Waals surface area contributed by atoms with E-state index in [1.807, 2.05) is 39.0 Å². The maximum atomic E-state index is 12.9. The molecule has 1 heterocycles. The molecule has 0 aliphatic carbocycles. The molecule has 0 spiro atoms. The second kappa shape index (κ2) is 9.78. The Bertz CT molecular complexity index is 992. The summed E-state index contributed by atoms with van der Waals surface area (Å²) < 4.78 is 11.2. The topological polar surface area (TPSA) is 80.6 Å². The molecule has 0 bridgehead atoms. The molecule has 0 saturated carbocycles. The maximum absolute atomic E-state index is 12.9. The van der Waals surface area contributed by atoms with E-state index in [0.29, 0.717) is 29.2 Å². The van der Waals surface area contributed by atoms with E-state index in [4.69, 9.17) is 9.15 Å². The highest BCUT2D eigenvalue weighted by atomic mass is 16.5. The lowest BCUT2D eigenvalue weighted by Gasteiger charge is -2.19. The zero-order chi connectivity index (χ0) is 21.5. The van der Waals surface area contributed by atoms with Gasteiger partial charge in [-0.15, -0.1) is 0 Å². The number of hydrogen-bond donors (Lipinski definition) is 2. The van der Waals surface area contributed by atoms with Crippen LogP contribution in [0, 0.1) is 13.8 Å². The first-order valence-electron chi connectivity index (χ1n) is 9.91. The standard InChI is InChI=1S/C24H26N2O4/c1-4-22(30-19-13-16(2)12-17(3)14-19)24(28)26-21-10-6-5-9-20(21)23(27)25-15-18-8-7-11-29-18/h5-14,22H,4,15H2,1-3H3,(H,25,27)(H,26,28)/t22-/m0/s1. The van der Waals surface area contributed by atoms with E-state index in [1.54, 1.807) is 42.7 Å². The number of para-hydroxylation sites is 1. The van der Waals surface area contributed by atoms with Gasteiger partial charge in [0.25, 0.3) is 11.8 Å². The van der Waals surface area contributed by atoms with Gasteiger partial charge in [0, 0.05) is 0 Å². The molecule has 0 radical (unpaired) electrons. The monoisotopic (exact) mass is 406 g/mol. The van der Waals surface area contributed by atoms with Crippen molar-refractivity contribution >= 4 is 17.5 Å². The molecule has 156 valence electrons. The first kappa shape index (κ1) is 21.2. The van der Waals surface area contributed by atoms with E-state index in [0.717, 1.165) is 11.1 Å². The van der Waals surface area contributed by atoms with Crippen molar-refractivity contribution < 1.29 is 18.7 Å². The molecular formula is C24H26N2O4. The Morgan fingerprint density at radius 2 is 1.77 bits per heavy atom. The lowest BCUT2D eigenvalue weighted by Crippen LogP contribution is -2.33. The number of nitrogens with one attached hydrogen (secondary N) is 2. The van der Waals surface area contributed by atoms with Crippen molar-refractivity contribution in [3.05, 3.63) is 83.3 Å². The third-order valence-corrected chi connectivity index (χ3v) is 4.57. The molecule has 1 atom stereocenters. The van der Waals surface area contributed by atoms with Crippen molar-refractivity contribution in [2.75, 3.05) is 5.32 Å². The molecule has 6 heteroatoms. The zero-order valence-electron chi connectivity index (χ0n) is 17.4. The zero-order valence-corrected chi connectivity index (χ0v) is 17.4. The average molecular weight is 406 g/mol. The van der Waals surface area contributed by atoms with E-state index in [-0.39, 0.29) is 18.4 Å². The van der Waals surface area contributed by atoms with Crippen LogP contribution in [0.5, 0.6) is 5.75 Å². The Hall–Kier alpha value is -3.54. The number of aryl methyl sites for hydroxylation is 2. The number of ether oxygens (including phenoxy) is 1. The normalized spacial score (nSPS) is 11.6. The quantitative estimate of drug-likeness (QED) is 0.572. The van der Waals surface area contributed by atoms with Crippen molar-refractivity contribution in [1.29, 1.82) is 0 Å². The minimum absolute atomic E-state index is 0.265. The Balaban J connectivity index is 1.69. The Morgan fingerprint density at radius 1 is 1.03 bits per heavy atom. The smallest absolute Gasteiger partial charge is 0.265 e. The van der Waals surface area contributed by atoms with Crippen LogP contribution in [0.2, 0.25) is 0 Å². The largest absolute Gasteiger partial charge is 0.481 e. The van der Waals surface area contributed by atoms with Gasteiger partial charge in [0.1, 0.15) is 11.5 Å². The van der Waals surface area contributed by atoms with Crippen LogP contribution in [0.3, 0.4) is 0 Å². The van der Waals surface area contributed by atoms with Crippen LogP contribution in [-0.2, 0) is 11.3 Å². The molecule has 30 heavy (non-hydrogen) atoms. The molecular weight excluding hydrogens is 380 g/mol. The highest BCUT2D eigenvalue weighted by molar-refractivity contribution is 6.04. The maximum Gasteiger partial charge on any atom is 0.265 e. The number of amides is 2. The summed E-state index contributed by atoms with van der Waals surface area (Å²) in [6.45, 7) is 6.12. The molecule has 0 saturated heterocycles. The lowest BCUT2D eigenvalue weighted by atomic mass is 10.1. The minimum Gasteiger partial charge on any atom is -0.481 e. The summed E-state index contributed by atoms with van der Waals surface area (Å²) in [6.07, 6.45) is 1.37. The summed E-state index contributed by atoms with van der Waals surface area (Å²) in [5.74, 6) is 0.699. The second-order valence-corrected chi connectivity index (χ2v) is 7.14. The van der Waals surface area contributed by atoms with Crippen molar-refractivity contribution in [2.24, 2.45) is 0 Å². The van der Waals surface area contributed by atoms with E-state index >= 15 is 0 Å². The number of rotatable bonds is 8. The van der Waals surface area contributed by atoms with Gasteiger partial charge in [-0.05, 0) is 67.8 Å². The van der Waals surface area contributed by atoms with Crippen LogP contribution >= 0.6 is 0 Å². The van der Waals surface area contributed by atoms with Crippen molar-refractivity contribution in [2.45, 2.75) is 39.8 Å². The van der Waals surface area contributed by atoms with Gasteiger partial charge in [-0.2, -0.15) is 0 Å². The molecule has 0 aliphatic heterocycles. The van der Waals surface area contributed by atoms with Crippen LogP contribution in [0.1, 0.15) is 40.6 Å². The van der Waals surface area contributed by atoms with Gasteiger partial charge in [0.15, 0.2) is 6.10 Å². The summed E-state index contributed by atoms with van der Waals surface area (Å²) in [5, 5.41) is 5.63. The Labute approximate surface area is 176 Å². The van der Waals surface area contributed by atoms with Gasteiger partial charge in [-0.25, -0.2) is 0 Å². The fourth-order valence-electron chi connectivity index (χ4n) is 3.17. The van der Waals surface area contributed by atoms with Gasteiger partial charge in [0.05, 0.1) is 24.1 Å². The van der Waals surface area contributed by atoms with E-state index in [1.165, 1.54) is 0 Å². The molecule has 3 rings (SSSR count). The minimum atomic E-state index is -0.676. The third-order valence-electron chi connectivity index (χ3n) is 4.57. The van der Waals surface area contributed by atoms with Crippen LogP contribution in [-0.4, -0.2) is 17.9 Å². The van der Waals surface area contributed by atoms with Crippen molar-refractivity contribution in [3.63, 3.8) is 0 Å². The fourth-order valence-corrected chi connectivity index (χ4v) is 3.17. The SMILES string of the molecule is CC[C@H](Oc1cc(C)cc(C)c1)C(=O)Nc1ccccc1C(=O)NCc1ccco1. The number of benzene rings is 2. The number of furan rings is 1. The van der Waals surface area contributed by atoms with E-state index in [2.05, 4.69) is 10.6 Å². The molecule has 0 aliphatic rings. The Morgan fingerprint density at radius 3 is 2.43 bits per heavy atom. The van der Waals surface area contributed by atoms with Gasteiger partial charge in [0.2, 0.25) is 0 Å². The summed E-state index contributed by atoms with van der Waals surface area (Å²) in [4.78, 5) is 25.5. The van der Waals surface area contributed by atoms with Crippen LogP contribution < -0.4 is 15.4 Å². The molecule has 6 nitrogen and oxygen atoms in total. The highest BCUT2D eigenvalue weighted by Gasteiger charge is 2.21. The predicted octanol–water partition coefficient (Wildman–Crippen LogP) is 4.62. The van der Waals surface area contributed by atoms with Crippen LogP contribution in [0.25, 0.3) is 0 Å². The summed E-state index contributed by atoms with van der Waals surface area (Å²) in [6, 6.07) is 16.3. The van der Waals surface area contributed by atoms with Crippen molar-refractivity contribution in [3.8, 4) is 5.75 Å². The van der Waals surface area contributed by atoms with Gasteiger partial charge >= 0.3 is 0 Å². The third kappa shape index (κ3) is 5.50. The molecule has 1 aromatic heterocycles. The first-order chi connectivity index (χ1) is 14.5. The summed E-state index contributed by atoms with van der Waals surface area (Å²) >= 11 is 0. The van der Waals surface area contributed by atoms with Crippen LogP contribution in [0.4, 0.5) is 5.69 Å². The second-order valence-electron chi connectivity index (χ2n) is 7.14. The molecule has 2 amide bonds. The fraction of sp³-hybridized carbons (Fsp3) is 0.250. The van der Waals surface area contributed by atoms with Crippen LogP contribution in [0.15, 0.2) is 65.3 Å². The first-order valence-corrected chi connectivity index (χ1v) is 9.91. The molecule has 3 aromatic rings. The molecule has 0 unspecified atom stereocenters. The van der Waals surface area contributed by atoms with Gasteiger partial charge in [-0.3, -0.25) is 9.59 Å². The number of carbonyl (C=O) groups is 2. The summed E-state index contributed by atoms with van der Waals surface area (Å²) in [5.41, 5.74) is 2.94. The number of hydrogen-bond acceptors (Lipinski definition) is 4. The molecule has 0 fully saturated rings. The Kier molecular flexibility index (Phi) is 6.91. The average Bonchev–Trinajstić information content (AvgIpc) is 3.23. The number of carbonyl (C=O) groups excluding carboxylic acids is 2. The summed E-state index contributed by atoms with van der Waals surface area (Å²) in [7, 11) is 0. The number of anilines is 1. The molecule has 2 aromatic carbocycles. The lowest BCUT2D eigenvalue weighted by molar-refractivity contribution is -0.122. The molecule has 2 N–H and O–H groups in total. The van der Waals surface area contributed by atoms with Crippen molar-refractivity contribution in [1.82, 2.24) is 5.32 Å². The predicted molar refractivity (Wildman–Crippen MR) is 116 cm³/mol.